The first-order valence-corrected chi connectivity index (χ1v) is 7.09. The van der Waals surface area contributed by atoms with Crippen molar-refractivity contribution in [2.75, 3.05) is 18.0 Å². The topological polar surface area (TPSA) is 3.24 Å². The molecule has 0 saturated carbocycles. The van der Waals surface area contributed by atoms with E-state index in [9.17, 15) is 0 Å². The van der Waals surface area contributed by atoms with E-state index in [1.54, 1.807) is 0 Å². The van der Waals surface area contributed by atoms with Gasteiger partial charge in [-0.3, -0.25) is 0 Å². The molecule has 1 nitrogen and oxygen atoms in total. The van der Waals surface area contributed by atoms with Crippen molar-refractivity contribution in [1.82, 2.24) is 0 Å². The fourth-order valence-corrected chi connectivity index (χ4v) is 3.22. The maximum atomic E-state index is 3.66. The Hall–Kier alpha value is -1.28. The third-order valence-electron chi connectivity index (χ3n) is 3.60. The van der Waals surface area contributed by atoms with Gasteiger partial charge in [-0.1, -0.05) is 36.4 Å². The van der Waals surface area contributed by atoms with Crippen LogP contribution in [0.4, 0.5) is 5.69 Å². The zero-order chi connectivity index (χ0) is 12.5. The maximum Gasteiger partial charge on any atom is 0.0511 e. The van der Waals surface area contributed by atoms with Crippen molar-refractivity contribution in [3.63, 3.8) is 0 Å². The Morgan fingerprint density at radius 1 is 1.06 bits per heavy atom. The number of benzene rings is 2. The summed E-state index contributed by atoms with van der Waals surface area (Å²) in [7, 11) is 0. The van der Waals surface area contributed by atoms with Gasteiger partial charge in [0.15, 0.2) is 0 Å². The van der Waals surface area contributed by atoms with Crippen molar-refractivity contribution < 1.29 is 0 Å². The highest BCUT2D eigenvalue weighted by Crippen LogP contribution is 2.35. The highest BCUT2D eigenvalue weighted by atomic mass is 79.9. The summed E-state index contributed by atoms with van der Waals surface area (Å²) in [6.07, 6.45) is 0. The van der Waals surface area contributed by atoms with Gasteiger partial charge in [0.25, 0.3) is 0 Å². The van der Waals surface area contributed by atoms with E-state index in [2.05, 4.69) is 76.3 Å². The first kappa shape index (κ1) is 11.8. The van der Waals surface area contributed by atoms with Crippen molar-refractivity contribution in [2.24, 2.45) is 0 Å². The Morgan fingerprint density at radius 2 is 1.78 bits per heavy atom. The summed E-state index contributed by atoms with van der Waals surface area (Å²) in [5.74, 6) is 0.680. The summed E-state index contributed by atoms with van der Waals surface area (Å²) >= 11 is 3.66. The molecule has 0 atom stereocenters. The largest absolute Gasteiger partial charge is 0.369 e. The van der Waals surface area contributed by atoms with Crippen LogP contribution in [-0.2, 0) is 0 Å². The number of nitrogens with zero attached hydrogens (tertiary/aromatic N) is 1. The maximum absolute atomic E-state index is 3.66. The molecule has 0 N–H and O–H groups in total. The molecule has 2 aromatic rings. The van der Waals surface area contributed by atoms with Crippen LogP contribution in [0.3, 0.4) is 0 Å². The third-order valence-corrected chi connectivity index (χ3v) is 4.23. The Labute approximate surface area is 117 Å². The number of anilines is 1. The standard InChI is InChI=1S/C16H16BrN/c1-12-7-8-16(15(17)9-12)18-10-14(11-18)13-5-3-2-4-6-13/h2-9,14H,10-11H2,1H3. The normalized spacial score (nSPS) is 15.6. The predicted octanol–water partition coefficient (Wildman–Crippen LogP) is 4.36. The highest BCUT2D eigenvalue weighted by Gasteiger charge is 2.28. The van der Waals surface area contributed by atoms with Crippen molar-refractivity contribution in [2.45, 2.75) is 12.8 Å². The molecule has 1 heterocycles. The minimum absolute atomic E-state index is 0.680. The lowest BCUT2D eigenvalue weighted by Crippen LogP contribution is -2.45. The van der Waals surface area contributed by atoms with E-state index in [-0.39, 0.29) is 0 Å². The quantitative estimate of drug-likeness (QED) is 0.796. The number of halogens is 1. The second-order valence-corrected chi connectivity index (χ2v) is 5.82. The SMILES string of the molecule is Cc1ccc(N2CC(c3ccccc3)C2)c(Br)c1. The number of aryl methyl sites for hydroxylation is 1. The molecular formula is C16H16BrN. The molecule has 0 radical (unpaired) electrons. The molecule has 0 amide bonds. The Kier molecular flexibility index (Phi) is 3.13. The molecule has 0 aromatic heterocycles. The van der Waals surface area contributed by atoms with E-state index in [0.29, 0.717) is 5.92 Å². The minimum Gasteiger partial charge on any atom is -0.369 e. The fourth-order valence-electron chi connectivity index (χ4n) is 2.48. The molecule has 0 aliphatic carbocycles. The van der Waals surface area contributed by atoms with Gasteiger partial charge in [0.05, 0.1) is 5.69 Å². The second-order valence-electron chi connectivity index (χ2n) is 4.97. The summed E-state index contributed by atoms with van der Waals surface area (Å²) in [4.78, 5) is 2.43. The molecule has 92 valence electrons. The molecule has 0 bridgehead atoms. The van der Waals surface area contributed by atoms with E-state index in [1.807, 2.05) is 0 Å². The van der Waals surface area contributed by atoms with Crippen LogP contribution >= 0.6 is 15.9 Å². The first-order valence-electron chi connectivity index (χ1n) is 6.30. The van der Waals surface area contributed by atoms with Gasteiger partial charge in [-0.05, 0) is 46.1 Å². The molecule has 2 heteroatoms. The van der Waals surface area contributed by atoms with Gasteiger partial charge in [0.2, 0.25) is 0 Å². The molecule has 3 rings (SSSR count). The average molecular weight is 302 g/mol. The van der Waals surface area contributed by atoms with Gasteiger partial charge in [-0.25, -0.2) is 0 Å². The van der Waals surface area contributed by atoms with Gasteiger partial charge in [-0.15, -0.1) is 0 Å². The van der Waals surface area contributed by atoms with Crippen LogP contribution < -0.4 is 4.90 Å². The van der Waals surface area contributed by atoms with Crippen molar-refractivity contribution in [3.05, 3.63) is 64.1 Å². The first-order chi connectivity index (χ1) is 8.74. The van der Waals surface area contributed by atoms with Gasteiger partial charge >= 0.3 is 0 Å². The van der Waals surface area contributed by atoms with E-state index < -0.39 is 0 Å². The van der Waals surface area contributed by atoms with Crippen LogP contribution in [0.15, 0.2) is 53.0 Å². The Morgan fingerprint density at radius 3 is 2.44 bits per heavy atom. The van der Waals surface area contributed by atoms with Gasteiger partial charge in [0, 0.05) is 23.5 Å². The molecule has 1 aliphatic heterocycles. The van der Waals surface area contributed by atoms with E-state index in [0.717, 1.165) is 13.1 Å². The predicted molar refractivity (Wildman–Crippen MR) is 80.3 cm³/mol. The number of hydrogen-bond acceptors (Lipinski definition) is 1. The van der Waals surface area contributed by atoms with Crippen LogP contribution in [0.5, 0.6) is 0 Å². The van der Waals surface area contributed by atoms with Gasteiger partial charge < -0.3 is 4.90 Å². The summed E-state index contributed by atoms with van der Waals surface area (Å²) < 4.78 is 1.20. The van der Waals surface area contributed by atoms with Crippen molar-refractivity contribution in [1.29, 1.82) is 0 Å². The van der Waals surface area contributed by atoms with Crippen LogP contribution in [0.2, 0.25) is 0 Å². The van der Waals surface area contributed by atoms with Crippen LogP contribution in [0, 0.1) is 6.92 Å². The summed E-state index contributed by atoms with van der Waals surface area (Å²) in [5, 5.41) is 0. The zero-order valence-corrected chi connectivity index (χ0v) is 12.0. The molecule has 0 spiro atoms. The Bertz CT molecular complexity index is 544. The molecule has 0 unspecified atom stereocenters. The number of hydrogen-bond donors (Lipinski definition) is 0. The van der Waals surface area contributed by atoms with Crippen molar-refractivity contribution in [3.8, 4) is 0 Å². The third kappa shape index (κ3) is 2.17. The average Bonchev–Trinajstić information content (AvgIpc) is 2.31. The molecule has 1 saturated heterocycles. The van der Waals surface area contributed by atoms with Gasteiger partial charge in [-0.2, -0.15) is 0 Å². The molecule has 18 heavy (non-hydrogen) atoms. The summed E-state index contributed by atoms with van der Waals surface area (Å²) in [6.45, 7) is 4.36. The zero-order valence-electron chi connectivity index (χ0n) is 10.4. The smallest absolute Gasteiger partial charge is 0.0511 e. The van der Waals surface area contributed by atoms with Crippen LogP contribution in [0.1, 0.15) is 17.0 Å². The van der Waals surface area contributed by atoms with Crippen LogP contribution in [-0.4, -0.2) is 13.1 Å². The lowest BCUT2D eigenvalue weighted by molar-refractivity contribution is 0.524. The molecule has 1 fully saturated rings. The van der Waals surface area contributed by atoms with Crippen LogP contribution in [0.25, 0.3) is 0 Å². The molecule has 2 aromatic carbocycles. The summed E-state index contributed by atoms with van der Waals surface area (Å²) in [6, 6.07) is 17.4. The lowest BCUT2D eigenvalue weighted by Gasteiger charge is -2.42. The van der Waals surface area contributed by atoms with E-state index in [4.69, 9.17) is 0 Å². The highest BCUT2D eigenvalue weighted by molar-refractivity contribution is 9.10. The minimum atomic E-state index is 0.680. The number of rotatable bonds is 2. The second kappa shape index (κ2) is 4.77. The van der Waals surface area contributed by atoms with E-state index in [1.165, 1.54) is 21.3 Å². The summed E-state index contributed by atoms with van der Waals surface area (Å²) in [5.41, 5.74) is 4.07. The van der Waals surface area contributed by atoms with Crippen molar-refractivity contribution >= 4 is 21.6 Å². The lowest BCUT2D eigenvalue weighted by atomic mass is 9.91. The van der Waals surface area contributed by atoms with E-state index >= 15 is 0 Å². The molecular weight excluding hydrogens is 286 g/mol. The fraction of sp³-hybridized carbons (Fsp3) is 0.250. The monoisotopic (exact) mass is 301 g/mol. The Balaban J connectivity index is 1.72. The van der Waals surface area contributed by atoms with Gasteiger partial charge in [0.1, 0.15) is 0 Å². The molecule has 1 aliphatic rings.